The van der Waals surface area contributed by atoms with Gasteiger partial charge < -0.3 is 15.0 Å². The van der Waals surface area contributed by atoms with Gasteiger partial charge in [0.1, 0.15) is 5.82 Å². The third kappa shape index (κ3) is 4.94. The van der Waals surface area contributed by atoms with Gasteiger partial charge in [-0.2, -0.15) is 0 Å². The maximum Gasteiger partial charge on any atom is 0.133 e. The molecule has 1 N–H and O–H groups in total. The van der Waals surface area contributed by atoms with E-state index in [1.807, 2.05) is 6.20 Å². The molecule has 5 heteroatoms. The largest absolute Gasteiger partial charge is 0.372 e. The molecule has 2 heterocycles. The first-order valence-electron chi connectivity index (χ1n) is 7.54. The Labute approximate surface area is 136 Å². The summed E-state index contributed by atoms with van der Waals surface area (Å²) in [6.45, 7) is 13.4. The first-order chi connectivity index (χ1) is 9.74. The van der Waals surface area contributed by atoms with Gasteiger partial charge in [0.05, 0.1) is 12.2 Å². The molecule has 0 saturated carbocycles. The Balaban J connectivity index is 2.21. The summed E-state index contributed by atoms with van der Waals surface area (Å²) in [6.07, 6.45) is 2.35. The Morgan fingerprint density at radius 2 is 1.95 bits per heavy atom. The second-order valence-electron chi connectivity index (χ2n) is 6.90. The molecule has 1 aliphatic heterocycles. The monoisotopic (exact) mass is 355 g/mol. The van der Waals surface area contributed by atoms with Crippen LogP contribution in [0.2, 0.25) is 0 Å². The van der Waals surface area contributed by atoms with Crippen molar-refractivity contribution in [2.75, 3.05) is 18.0 Å². The van der Waals surface area contributed by atoms with Gasteiger partial charge in [-0.05, 0) is 56.6 Å². The van der Waals surface area contributed by atoms with E-state index in [0.29, 0.717) is 0 Å². The summed E-state index contributed by atoms with van der Waals surface area (Å²) in [5.41, 5.74) is 1.31. The van der Waals surface area contributed by atoms with E-state index in [9.17, 15) is 0 Å². The summed E-state index contributed by atoms with van der Waals surface area (Å²) < 4.78 is 6.84. The number of nitrogens with one attached hydrogen (secondary N) is 1. The summed E-state index contributed by atoms with van der Waals surface area (Å²) in [5.74, 6) is 1.07. The lowest BCUT2D eigenvalue weighted by Crippen LogP contribution is -2.46. The Morgan fingerprint density at radius 1 is 1.33 bits per heavy atom. The van der Waals surface area contributed by atoms with Gasteiger partial charge in [-0.3, -0.25) is 0 Å². The maximum atomic E-state index is 5.82. The number of rotatable bonds is 3. The highest BCUT2D eigenvalue weighted by atomic mass is 79.9. The first-order valence-corrected chi connectivity index (χ1v) is 8.34. The third-order valence-electron chi connectivity index (χ3n) is 3.44. The average molecular weight is 356 g/mol. The zero-order valence-electron chi connectivity index (χ0n) is 13.6. The second-order valence-corrected chi connectivity index (χ2v) is 7.82. The van der Waals surface area contributed by atoms with E-state index in [1.54, 1.807) is 0 Å². The van der Waals surface area contributed by atoms with Gasteiger partial charge in [0.2, 0.25) is 0 Å². The molecule has 2 rings (SSSR count). The van der Waals surface area contributed by atoms with E-state index < -0.39 is 0 Å². The molecule has 1 saturated heterocycles. The summed E-state index contributed by atoms with van der Waals surface area (Å²) in [5, 5.41) is 3.55. The number of nitrogens with zero attached hydrogens (tertiary/aromatic N) is 2. The highest BCUT2D eigenvalue weighted by Gasteiger charge is 2.25. The zero-order chi connectivity index (χ0) is 15.6. The van der Waals surface area contributed by atoms with Crippen molar-refractivity contribution >= 4 is 21.7 Å². The molecule has 1 aromatic rings. The van der Waals surface area contributed by atoms with Crippen molar-refractivity contribution in [3.8, 4) is 0 Å². The van der Waals surface area contributed by atoms with E-state index in [1.165, 1.54) is 5.56 Å². The van der Waals surface area contributed by atoms with Crippen LogP contribution in [0.3, 0.4) is 0 Å². The Kier molecular flexibility index (Phi) is 5.28. The Morgan fingerprint density at radius 3 is 2.52 bits per heavy atom. The van der Waals surface area contributed by atoms with Gasteiger partial charge in [0.15, 0.2) is 0 Å². The van der Waals surface area contributed by atoms with Crippen LogP contribution in [0, 0.1) is 0 Å². The molecule has 1 fully saturated rings. The maximum absolute atomic E-state index is 5.82. The lowest BCUT2D eigenvalue weighted by atomic mass is 10.1. The summed E-state index contributed by atoms with van der Waals surface area (Å²) >= 11 is 3.53. The van der Waals surface area contributed by atoms with Gasteiger partial charge in [-0.1, -0.05) is 0 Å². The van der Waals surface area contributed by atoms with E-state index >= 15 is 0 Å². The normalized spacial score (nSPS) is 23.4. The van der Waals surface area contributed by atoms with Crippen molar-refractivity contribution in [1.29, 1.82) is 0 Å². The van der Waals surface area contributed by atoms with Crippen LogP contribution in [-0.2, 0) is 11.3 Å². The fourth-order valence-corrected chi connectivity index (χ4v) is 2.98. The number of morpholine rings is 1. The van der Waals surface area contributed by atoms with Gasteiger partial charge >= 0.3 is 0 Å². The van der Waals surface area contributed by atoms with Crippen molar-refractivity contribution in [2.45, 2.75) is 58.9 Å². The summed E-state index contributed by atoms with van der Waals surface area (Å²) in [7, 11) is 0. The quantitative estimate of drug-likeness (QED) is 0.901. The number of aromatic nitrogens is 1. The van der Waals surface area contributed by atoms with Crippen LogP contribution in [0.5, 0.6) is 0 Å². The average Bonchev–Trinajstić information content (AvgIpc) is 2.34. The van der Waals surface area contributed by atoms with E-state index in [0.717, 1.165) is 29.9 Å². The van der Waals surface area contributed by atoms with Crippen LogP contribution in [-0.4, -0.2) is 35.8 Å². The van der Waals surface area contributed by atoms with Crippen LogP contribution >= 0.6 is 15.9 Å². The molecule has 0 aromatic carbocycles. The van der Waals surface area contributed by atoms with Gasteiger partial charge in [-0.25, -0.2) is 4.98 Å². The van der Waals surface area contributed by atoms with Crippen LogP contribution in [0.4, 0.5) is 5.82 Å². The molecule has 0 radical (unpaired) electrons. The van der Waals surface area contributed by atoms with Crippen molar-refractivity contribution in [3.05, 3.63) is 22.3 Å². The standard InChI is InChI=1S/C16H26BrN3O/c1-11-9-20(10-12(2)21-11)15-13(6-14(17)8-18-15)7-19-16(3,4)5/h6,8,11-12,19H,7,9-10H2,1-5H3. The van der Waals surface area contributed by atoms with Crippen LogP contribution < -0.4 is 10.2 Å². The van der Waals surface area contributed by atoms with Crippen molar-refractivity contribution in [3.63, 3.8) is 0 Å². The SMILES string of the molecule is CC1CN(c2ncc(Br)cc2CNC(C)(C)C)CC(C)O1. The lowest BCUT2D eigenvalue weighted by molar-refractivity contribution is -0.00551. The fraction of sp³-hybridized carbons (Fsp3) is 0.688. The minimum absolute atomic E-state index is 0.0885. The van der Waals surface area contributed by atoms with Crippen LogP contribution in [0.15, 0.2) is 16.7 Å². The van der Waals surface area contributed by atoms with E-state index in [-0.39, 0.29) is 17.7 Å². The lowest BCUT2D eigenvalue weighted by Gasteiger charge is -2.37. The molecule has 118 valence electrons. The van der Waals surface area contributed by atoms with Crippen molar-refractivity contribution in [2.24, 2.45) is 0 Å². The Hall–Kier alpha value is -0.650. The molecule has 21 heavy (non-hydrogen) atoms. The molecular formula is C16H26BrN3O. The number of pyridine rings is 1. The molecule has 0 aliphatic carbocycles. The van der Waals surface area contributed by atoms with Crippen LogP contribution in [0.25, 0.3) is 0 Å². The van der Waals surface area contributed by atoms with Gasteiger partial charge in [0.25, 0.3) is 0 Å². The molecule has 2 unspecified atom stereocenters. The van der Waals surface area contributed by atoms with Crippen molar-refractivity contribution in [1.82, 2.24) is 10.3 Å². The molecule has 0 bridgehead atoms. The molecule has 0 amide bonds. The number of ether oxygens (including phenoxy) is 1. The molecule has 0 spiro atoms. The highest BCUT2D eigenvalue weighted by molar-refractivity contribution is 9.10. The van der Waals surface area contributed by atoms with E-state index in [4.69, 9.17) is 4.74 Å². The summed E-state index contributed by atoms with van der Waals surface area (Å²) in [4.78, 5) is 6.99. The predicted octanol–water partition coefficient (Wildman–Crippen LogP) is 3.35. The topological polar surface area (TPSA) is 37.4 Å². The Bertz CT molecular complexity index is 477. The highest BCUT2D eigenvalue weighted by Crippen LogP contribution is 2.25. The number of anilines is 1. The van der Waals surface area contributed by atoms with Crippen molar-refractivity contribution < 1.29 is 4.74 Å². The van der Waals surface area contributed by atoms with Crippen LogP contribution in [0.1, 0.15) is 40.2 Å². The minimum Gasteiger partial charge on any atom is -0.372 e. The molecule has 2 atom stereocenters. The smallest absolute Gasteiger partial charge is 0.133 e. The number of hydrogen-bond donors (Lipinski definition) is 1. The number of hydrogen-bond acceptors (Lipinski definition) is 4. The first kappa shape index (κ1) is 16.7. The minimum atomic E-state index is 0.0885. The third-order valence-corrected chi connectivity index (χ3v) is 3.87. The number of halogens is 1. The molecular weight excluding hydrogens is 330 g/mol. The summed E-state index contributed by atoms with van der Waals surface area (Å²) in [6, 6.07) is 2.16. The predicted molar refractivity (Wildman–Crippen MR) is 90.8 cm³/mol. The second kappa shape index (κ2) is 6.63. The van der Waals surface area contributed by atoms with Gasteiger partial charge in [0, 0.05) is 41.4 Å². The van der Waals surface area contributed by atoms with Gasteiger partial charge in [-0.15, -0.1) is 0 Å². The molecule has 4 nitrogen and oxygen atoms in total. The van der Waals surface area contributed by atoms with E-state index in [2.05, 4.69) is 71.8 Å². The molecule has 1 aliphatic rings. The fourth-order valence-electron chi connectivity index (χ4n) is 2.60. The molecule has 1 aromatic heterocycles. The zero-order valence-corrected chi connectivity index (χ0v) is 15.2.